The van der Waals surface area contributed by atoms with E-state index in [-0.39, 0.29) is 16.8 Å². The third-order valence-electron chi connectivity index (χ3n) is 4.28. The first-order chi connectivity index (χ1) is 9.13. The number of hydrogen-bond acceptors (Lipinski definition) is 2. The predicted molar refractivity (Wildman–Crippen MR) is 84.8 cm³/mol. The molecule has 0 amide bonds. The van der Waals surface area contributed by atoms with E-state index in [2.05, 4.69) is 36.8 Å². The number of aliphatic hydroxyl groups is 1. The fourth-order valence-corrected chi connectivity index (χ4v) is 5.08. The van der Waals surface area contributed by atoms with E-state index >= 15 is 0 Å². The zero-order chi connectivity index (χ0) is 13.8. The van der Waals surface area contributed by atoms with E-state index < -0.39 is 0 Å². The standard InChI is InChI=1S/C16H28NOS/c1-4-14(18)12-16-15(10-11-19(16)17(2)3)13-8-6-5-7-9-13/h10-11,13-14,18H,4-9,12H2,1-3H3/q+1. The van der Waals surface area contributed by atoms with Gasteiger partial charge in [0, 0.05) is 32.1 Å². The summed E-state index contributed by atoms with van der Waals surface area (Å²) in [4.78, 5) is 1.51. The van der Waals surface area contributed by atoms with E-state index in [4.69, 9.17) is 0 Å². The number of thiophene rings is 1. The van der Waals surface area contributed by atoms with Gasteiger partial charge in [-0.25, -0.2) is 0 Å². The van der Waals surface area contributed by atoms with Crippen LogP contribution in [-0.2, 0) is 6.42 Å². The Balaban J connectivity index is 2.25. The molecule has 1 aromatic rings. The molecule has 1 fully saturated rings. The molecule has 1 N–H and O–H groups in total. The maximum absolute atomic E-state index is 10.1. The highest BCUT2D eigenvalue weighted by atomic mass is 32.2. The number of aliphatic hydroxyl groups excluding tert-OH is 1. The fourth-order valence-electron chi connectivity index (χ4n) is 3.11. The minimum Gasteiger partial charge on any atom is -0.393 e. The number of hydrogen-bond donors (Lipinski definition) is 1. The molecular formula is C16H28NOS+. The van der Waals surface area contributed by atoms with Crippen LogP contribution < -0.4 is 4.31 Å². The number of rotatable bonds is 5. The molecule has 1 heterocycles. The van der Waals surface area contributed by atoms with E-state index in [9.17, 15) is 5.11 Å². The molecule has 108 valence electrons. The predicted octanol–water partition coefficient (Wildman–Crippen LogP) is 3.99. The Morgan fingerprint density at radius 3 is 2.58 bits per heavy atom. The smallest absolute Gasteiger partial charge is 0.178 e. The maximum Gasteiger partial charge on any atom is 0.178 e. The summed E-state index contributed by atoms with van der Waals surface area (Å²) < 4.78 is 2.30. The number of nitrogens with zero attached hydrogens (tertiary/aromatic N) is 1. The largest absolute Gasteiger partial charge is 0.393 e. The van der Waals surface area contributed by atoms with Crippen LogP contribution in [0.3, 0.4) is 0 Å². The molecule has 2 rings (SSSR count). The van der Waals surface area contributed by atoms with E-state index in [1.165, 1.54) is 37.0 Å². The van der Waals surface area contributed by atoms with Crippen molar-refractivity contribution in [2.24, 2.45) is 0 Å². The summed E-state index contributed by atoms with van der Waals surface area (Å²) in [6, 6.07) is 2.36. The van der Waals surface area contributed by atoms with E-state index in [0.717, 1.165) is 18.8 Å². The average Bonchev–Trinajstić information content (AvgIpc) is 2.83. The summed E-state index contributed by atoms with van der Waals surface area (Å²) in [7, 11) is 4.40. The van der Waals surface area contributed by atoms with Crippen LogP contribution in [0.1, 0.15) is 61.8 Å². The Hall–Kier alpha value is -0.380. The van der Waals surface area contributed by atoms with Gasteiger partial charge in [0.05, 0.1) is 16.8 Å². The molecule has 0 bridgehead atoms. The van der Waals surface area contributed by atoms with Crippen LogP contribution in [-0.4, -0.2) is 25.3 Å². The molecular weight excluding hydrogens is 254 g/mol. The van der Waals surface area contributed by atoms with Crippen molar-refractivity contribution in [3.05, 3.63) is 21.9 Å². The molecule has 19 heavy (non-hydrogen) atoms. The van der Waals surface area contributed by atoms with Gasteiger partial charge in [-0.3, -0.25) is 0 Å². The zero-order valence-electron chi connectivity index (χ0n) is 12.6. The van der Waals surface area contributed by atoms with E-state index in [1.54, 1.807) is 5.56 Å². The maximum atomic E-state index is 10.1. The van der Waals surface area contributed by atoms with Crippen LogP contribution >= 0.6 is 10.7 Å². The van der Waals surface area contributed by atoms with Gasteiger partial charge in [-0.1, -0.05) is 26.2 Å². The van der Waals surface area contributed by atoms with Crippen LogP contribution in [0.4, 0.5) is 0 Å². The van der Waals surface area contributed by atoms with Gasteiger partial charge in [-0.05, 0) is 25.2 Å². The first-order valence-electron chi connectivity index (χ1n) is 7.63. The molecule has 0 radical (unpaired) electrons. The molecule has 3 heteroatoms. The second kappa shape index (κ2) is 6.87. The summed E-state index contributed by atoms with van der Waals surface area (Å²) in [6.45, 7) is 2.07. The molecule has 0 saturated heterocycles. The van der Waals surface area contributed by atoms with Crippen molar-refractivity contribution >= 4 is 10.7 Å². The lowest BCUT2D eigenvalue weighted by Crippen LogP contribution is -2.15. The lowest BCUT2D eigenvalue weighted by Gasteiger charge is -2.21. The summed E-state index contributed by atoms with van der Waals surface area (Å²) >= 11 is 0. The van der Waals surface area contributed by atoms with Crippen LogP contribution in [0.15, 0.2) is 11.4 Å². The Morgan fingerprint density at radius 2 is 2.00 bits per heavy atom. The lowest BCUT2D eigenvalue weighted by atomic mass is 9.84. The average molecular weight is 282 g/mol. The van der Waals surface area contributed by atoms with Crippen molar-refractivity contribution in [3.8, 4) is 0 Å². The SMILES string of the molecule is CCC(O)Cc1c(C2CCCCC2)cc[s+]1N(C)C. The molecule has 2 unspecified atom stereocenters. The first kappa shape index (κ1) is 15.0. The second-order valence-corrected chi connectivity index (χ2v) is 8.03. The highest BCUT2D eigenvalue weighted by molar-refractivity contribution is 7.32. The van der Waals surface area contributed by atoms with Crippen LogP contribution in [0, 0.1) is 0 Å². The summed E-state index contributed by atoms with van der Waals surface area (Å²) in [5.74, 6) is 0.751. The van der Waals surface area contributed by atoms with E-state index in [0.29, 0.717) is 0 Å². The highest BCUT2D eigenvalue weighted by Crippen LogP contribution is 2.40. The molecule has 2 atom stereocenters. The van der Waals surface area contributed by atoms with Crippen molar-refractivity contribution < 1.29 is 5.11 Å². The zero-order valence-corrected chi connectivity index (χ0v) is 13.4. The molecule has 0 aliphatic heterocycles. The van der Waals surface area contributed by atoms with Gasteiger partial charge in [0.2, 0.25) is 0 Å². The summed E-state index contributed by atoms with van der Waals surface area (Å²) in [5.41, 5.74) is 1.56. The fraction of sp³-hybridized carbons (Fsp3) is 0.750. The van der Waals surface area contributed by atoms with Crippen molar-refractivity contribution in [3.63, 3.8) is 0 Å². The van der Waals surface area contributed by atoms with Gasteiger partial charge >= 0.3 is 0 Å². The van der Waals surface area contributed by atoms with Crippen molar-refractivity contribution in [1.82, 2.24) is 0 Å². The van der Waals surface area contributed by atoms with Crippen molar-refractivity contribution in [1.29, 1.82) is 0 Å². The molecule has 0 aromatic carbocycles. The van der Waals surface area contributed by atoms with E-state index in [1.807, 2.05) is 0 Å². The monoisotopic (exact) mass is 282 g/mol. The minimum absolute atomic E-state index is 0.102. The third kappa shape index (κ3) is 3.59. The van der Waals surface area contributed by atoms with Gasteiger partial charge in [0.1, 0.15) is 0 Å². The van der Waals surface area contributed by atoms with Gasteiger partial charge in [-0.15, -0.1) is 4.31 Å². The van der Waals surface area contributed by atoms with Crippen molar-refractivity contribution in [2.45, 2.75) is 63.9 Å². The minimum atomic E-state index is -0.177. The Labute approximate surface area is 120 Å². The highest BCUT2D eigenvalue weighted by Gasteiger charge is 2.29. The van der Waals surface area contributed by atoms with Crippen LogP contribution in [0.25, 0.3) is 0 Å². The van der Waals surface area contributed by atoms with Crippen molar-refractivity contribution in [2.75, 3.05) is 18.4 Å². The second-order valence-electron chi connectivity index (χ2n) is 5.91. The summed E-state index contributed by atoms with van der Waals surface area (Å²) in [6.07, 6.45) is 8.38. The van der Waals surface area contributed by atoms with Gasteiger partial charge in [0.25, 0.3) is 0 Å². The Morgan fingerprint density at radius 1 is 1.32 bits per heavy atom. The quantitative estimate of drug-likeness (QED) is 0.825. The Kier molecular flexibility index (Phi) is 5.43. The summed E-state index contributed by atoms with van der Waals surface area (Å²) in [5, 5.41) is 12.4. The van der Waals surface area contributed by atoms with Crippen LogP contribution in [0.5, 0.6) is 0 Å². The topological polar surface area (TPSA) is 23.5 Å². The molecule has 1 aromatic heterocycles. The van der Waals surface area contributed by atoms with Gasteiger partial charge < -0.3 is 5.11 Å². The first-order valence-corrected chi connectivity index (χ1v) is 8.87. The lowest BCUT2D eigenvalue weighted by molar-refractivity contribution is 0.171. The molecule has 1 aliphatic rings. The molecule has 1 aliphatic carbocycles. The molecule has 0 spiro atoms. The molecule has 2 nitrogen and oxygen atoms in total. The Bertz CT molecular complexity index is 393. The van der Waals surface area contributed by atoms with Gasteiger partial charge in [-0.2, -0.15) is 0 Å². The van der Waals surface area contributed by atoms with Gasteiger partial charge in [0.15, 0.2) is 10.3 Å². The van der Waals surface area contributed by atoms with Crippen LogP contribution in [0.2, 0.25) is 0 Å². The normalized spacial score (nSPS) is 19.9. The third-order valence-corrected chi connectivity index (χ3v) is 6.37. The molecule has 1 saturated carbocycles.